The quantitative estimate of drug-likeness (QED) is 0.626. The zero-order chi connectivity index (χ0) is 23.1. The van der Waals surface area contributed by atoms with E-state index in [1.807, 2.05) is 31.2 Å². The van der Waals surface area contributed by atoms with E-state index in [4.69, 9.17) is 18.9 Å². The molecule has 2 aromatic rings. The average molecular weight is 452 g/mol. The summed E-state index contributed by atoms with van der Waals surface area (Å²) in [6, 6.07) is 15.3. The molecule has 33 heavy (non-hydrogen) atoms. The van der Waals surface area contributed by atoms with E-state index >= 15 is 0 Å². The van der Waals surface area contributed by atoms with Crippen molar-refractivity contribution in [3.63, 3.8) is 0 Å². The highest BCUT2D eigenvalue weighted by Gasteiger charge is 2.57. The molecule has 3 heterocycles. The Bertz CT molecular complexity index is 983. The average Bonchev–Trinajstić information content (AvgIpc) is 3.16. The number of hydrogen-bond acceptors (Lipinski definition) is 6. The van der Waals surface area contributed by atoms with Crippen molar-refractivity contribution in [1.29, 1.82) is 0 Å². The summed E-state index contributed by atoms with van der Waals surface area (Å²) >= 11 is 0. The molecule has 1 aliphatic carbocycles. The molecule has 7 heteroatoms. The minimum Gasteiger partial charge on any atom is -0.449 e. The highest BCUT2D eigenvalue weighted by Crippen LogP contribution is 2.45. The van der Waals surface area contributed by atoms with Crippen LogP contribution < -0.4 is 5.32 Å². The fourth-order valence-electron chi connectivity index (χ4n) is 4.84. The molecule has 1 amide bonds. The SMILES string of the molecule is C=CC[C@H](O)[C@H](NC(=O)OCC1c2ccccc2-c2ccccc21)C12OCC(C)(CO1)CO2. The van der Waals surface area contributed by atoms with Gasteiger partial charge >= 0.3 is 12.1 Å². The number of hydrogen-bond donors (Lipinski definition) is 2. The van der Waals surface area contributed by atoms with Crippen LogP contribution in [0.25, 0.3) is 11.1 Å². The zero-order valence-electron chi connectivity index (χ0n) is 18.7. The van der Waals surface area contributed by atoms with Crippen molar-refractivity contribution in [2.45, 2.75) is 37.4 Å². The fraction of sp³-hybridized carbons (Fsp3) is 0.423. The van der Waals surface area contributed by atoms with E-state index in [-0.39, 0.29) is 24.4 Å². The second-order valence-corrected chi connectivity index (χ2v) is 9.32. The van der Waals surface area contributed by atoms with Crippen LogP contribution in [-0.4, -0.2) is 55.7 Å². The highest BCUT2D eigenvalue weighted by atomic mass is 16.9. The van der Waals surface area contributed by atoms with Crippen LogP contribution in [0.4, 0.5) is 4.79 Å². The maximum atomic E-state index is 12.9. The van der Waals surface area contributed by atoms with Crippen molar-refractivity contribution in [1.82, 2.24) is 5.32 Å². The summed E-state index contributed by atoms with van der Waals surface area (Å²) in [4.78, 5) is 12.9. The number of amides is 1. The van der Waals surface area contributed by atoms with Crippen LogP contribution in [0.3, 0.4) is 0 Å². The first-order valence-electron chi connectivity index (χ1n) is 11.3. The third-order valence-corrected chi connectivity index (χ3v) is 6.66. The Kier molecular flexibility index (Phi) is 5.74. The first-order chi connectivity index (χ1) is 15.9. The van der Waals surface area contributed by atoms with E-state index in [0.717, 1.165) is 22.3 Å². The number of nitrogens with one attached hydrogen (secondary N) is 1. The molecule has 0 radical (unpaired) electrons. The maximum Gasteiger partial charge on any atom is 0.407 e. The number of aliphatic hydroxyl groups excluding tert-OH is 1. The van der Waals surface area contributed by atoms with E-state index in [2.05, 4.69) is 36.2 Å². The molecule has 3 saturated heterocycles. The largest absolute Gasteiger partial charge is 0.449 e. The van der Waals surface area contributed by atoms with Crippen LogP contribution in [0.5, 0.6) is 0 Å². The molecule has 0 aromatic heterocycles. The van der Waals surface area contributed by atoms with Crippen LogP contribution in [-0.2, 0) is 18.9 Å². The molecule has 7 nitrogen and oxygen atoms in total. The van der Waals surface area contributed by atoms with Crippen LogP contribution in [0, 0.1) is 5.41 Å². The number of benzene rings is 2. The Hall–Kier alpha value is -2.71. The molecule has 6 rings (SSSR count). The minimum atomic E-state index is -1.55. The smallest absolute Gasteiger partial charge is 0.407 e. The predicted octanol–water partition coefficient (Wildman–Crippen LogP) is 3.57. The fourth-order valence-corrected chi connectivity index (χ4v) is 4.84. The monoisotopic (exact) mass is 451 g/mol. The standard InChI is InChI=1S/C26H29NO6/c1-3-8-22(28)23(26-31-14-25(2,15-32-26)16-33-26)27-24(29)30-13-21-19-11-6-4-9-17(19)18-10-5-7-12-20(18)21/h3-7,9-12,21-23,28H,1,8,13-16H2,2H3,(H,27,29)/t22-,23-,25?,26?/m0/s1. The lowest BCUT2D eigenvalue weighted by atomic mass is 9.90. The van der Waals surface area contributed by atoms with E-state index in [9.17, 15) is 9.90 Å². The minimum absolute atomic E-state index is 0.0633. The second kappa shape index (κ2) is 8.57. The summed E-state index contributed by atoms with van der Waals surface area (Å²) in [5.41, 5.74) is 4.33. The molecule has 3 fully saturated rings. The summed E-state index contributed by atoms with van der Waals surface area (Å²) < 4.78 is 23.2. The van der Waals surface area contributed by atoms with Crippen LogP contribution in [0.15, 0.2) is 61.2 Å². The van der Waals surface area contributed by atoms with Gasteiger partial charge in [-0.25, -0.2) is 4.79 Å². The van der Waals surface area contributed by atoms with Gasteiger partial charge in [-0.2, -0.15) is 0 Å². The predicted molar refractivity (Wildman–Crippen MR) is 122 cm³/mol. The van der Waals surface area contributed by atoms with Gasteiger partial charge in [0.25, 0.3) is 0 Å². The van der Waals surface area contributed by atoms with Gasteiger partial charge in [-0.3, -0.25) is 0 Å². The van der Waals surface area contributed by atoms with Crippen molar-refractivity contribution < 1.29 is 28.8 Å². The van der Waals surface area contributed by atoms with Crippen molar-refractivity contribution in [2.24, 2.45) is 5.41 Å². The van der Waals surface area contributed by atoms with Gasteiger partial charge < -0.3 is 29.4 Å². The molecule has 0 unspecified atom stereocenters. The first kappa shape index (κ1) is 22.1. The summed E-state index contributed by atoms with van der Waals surface area (Å²) in [5, 5.41) is 13.5. The van der Waals surface area contributed by atoms with Gasteiger partial charge in [-0.05, 0) is 28.7 Å². The van der Waals surface area contributed by atoms with E-state index in [1.165, 1.54) is 0 Å². The van der Waals surface area contributed by atoms with Crippen LogP contribution >= 0.6 is 0 Å². The number of carbonyl (C=O) groups is 1. The Morgan fingerprint density at radius 1 is 1.12 bits per heavy atom. The summed E-state index contributed by atoms with van der Waals surface area (Å²) in [7, 11) is 0. The van der Waals surface area contributed by atoms with Crippen LogP contribution in [0.2, 0.25) is 0 Å². The topological polar surface area (TPSA) is 86.3 Å². The van der Waals surface area contributed by atoms with Gasteiger partial charge in [-0.15, -0.1) is 6.58 Å². The van der Waals surface area contributed by atoms with Gasteiger partial charge in [0.1, 0.15) is 12.6 Å². The van der Waals surface area contributed by atoms with Gasteiger partial charge in [0.05, 0.1) is 25.9 Å². The molecule has 2 atom stereocenters. The maximum absolute atomic E-state index is 12.9. The lowest BCUT2D eigenvalue weighted by Crippen LogP contribution is -2.70. The van der Waals surface area contributed by atoms with E-state index in [0.29, 0.717) is 19.8 Å². The molecule has 2 bridgehead atoms. The molecule has 3 aliphatic heterocycles. The molecule has 174 valence electrons. The summed E-state index contributed by atoms with van der Waals surface area (Å²) in [5.74, 6) is -1.61. The Labute approximate surface area is 193 Å². The first-order valence-corrected chi connectivity index (χ1v) is 11.3. The lowest BCUT2D eigenvalue weighted by molar-refractivity contribution is -0.477. The number of carbonyl (C=O) groups excluding carboxylic acids is 1. The third-order valence-electron chi connectivity index (χ3n) is 6.66. The van der Waals surface area contributed by atoms with Crippen molar-refractivity contribution in [3.05, 3.63) is 72.3 Å². The van der Waals surface area contributed by atoms with Crippen molar-refractivity contribution in [2.75, 3.05) is 26.4 Å². The Morgan fingerprint density at radius 3 is 2.21 bits per heavy atom. The van der Waals surface area contributed by atoms with Gasteiger partial charge in [0, 0.05) is 11.3 Å². The van der Waals surface area contributed by atoms with Gasteiger partial charge in [0.15, 0.2) is 0 Å². The van der Waals surface area contributed by atoms with Crippen molar-refractivity contribution in [3.8, 4) is 11.1 Å². The van der Waals surface area contributed by atoms with Crippen LogP contribution in [0.1, 0.15) is 30.4 Å². The second-order valence-electron chi connectivity index (χ2n) is 9.32. The molecule has 4 aliphatic rings. The molecule has 0 saturated carbocycles. The Morgan fingerprint density at radius 2 is 1.67 bits per heavy atom. The van der Waals surface area contributed by atoms with Gasteiger partial charge in [-0.1, -0.05) is 61.5 Å². The normalized spacial score (nSPS) is 27.3. The Balaban J connectivity index is 1.31. The summed E-state index contributed by atoms with van der Waals surface area (Å²) in [6.07, 6.45) is 0.104. The highest BCUT2D eigenvalue weighted by molar-refractivity contribution is 5.79. The van der Waals surface area contributed by atoms with Gasteiger partial charge in [0.2, 0.25) is 0 Å². The van der Waals surface area contributed by atoms with E-state index < -0.39 is 24.2 Å². The number of ether oxygens (including phenoxy) is 4. The molecule has 0 spiro atoms. The molecule has 2 N–H and O–H groups in total. The molecule has 2 aromatic carbocycles. The zero-order valence-corrected chi connectivity index (χ0v) is 18.7. The molecular weight excluding hydrogens is 422 g/mol. The number of alkyl carbamates (subject to hydrolysis) is 1. The molecular formula is C26H29NO6. The van der Waals surface area contributed by atoms with Crippen molar-refractivity contribution >= 4 is 6.09 Å². The number of fused-ring (bicyclic) bond motifs is 6. The van der Waals surface area contributed by atoms with E-state index in [1.54, 1.807) is 6.08 Å². The third kappa shape index (κ3) is 3.95. The lowest BCUT2D eigenvalue weighted by Gasteiger charge is -2.53. The number of aliphatic hydroxyl groups is 1. The summed E-state index contributed by atoms with van der Waals surface area (Å²) in [6.45, 7) is 7.09. The number of rotatable bonds is 7.